The van der Waals surface area contributed by atoms with Gasteiger partial charge < -0.3 is 14.6 Å². The maximum atomic E-state index is 10.7. The number of aliphatic carboxylic acids is 1. The number of halogens is 1. The molecule has 0 aliphatic rings. The normalized spacial score (nSPS) is 13.9. The summed E-state index contributed by atoms with van der Waals surface area (Å²) in [5.74, 6) is -0.781. The van der Waals surface area contributed by atoms with Gasteiger partial charge in [-0.15, -0.1) is 0 Å². The van der Waals surface area contributed by atoms with Crippen LogP contribution in [0, 0.1) is 6.92 Å². The molecular formula is C10H13BrO4. The minimum Gasteiger partial charge on any atom is -0.479 e. The standard InChI is InChI=1S/C10H13BrO4/c1-5-4-6(11)15-8(5)10(2,3)7(12)9(13)14/h4,7,12H,1-3H3,(H,13,14). The minimum atomic E-state index is -1.49. The van der Waals surface area contributed by atoms with Gasteiger partial charge in [0.25, 0.3) is 0 Å². The zero-order valence-corrected chi connectivity index (χ0v) is 10.3. The predicted molar refractivity (Wildman–Crippen MR) is 57.8 cm³/mol. The number of rotatable bonds is 3. The van der Waals surface area contributed by atoms with Crippen LogP contribution in [0.25, 0.3) is 0 Å². The molecule has 0 aliphatic heterocycles. The number of furan rings is 1. The number of carboxylic acid groups (broad SMARTS) is 1. The smallest absolute Gasteiger partial charge is 0.333 e. The summed E-state index contributed by atoms with van der Waals surface area (Å²) in [6.45, 7) is 5.06. The van der Waals surface area contributed by atoms with Gasteiger partial charge in [-0.2, -0.15) is 0 Å². The average Bonchev–Trinajstić information content (AvgIpc) is 2.44. The Morgan fingerprint density at radius 2 is 2.13 bits per heavy atom. The van der Waals surface area contributed by atoms with Gasteiger partial charge in [0.15, 0.2) is 10.8 Å². The molecule has 0 aromatic carbocycles. The molecule has 84 valence electrons. The van der Waals surface area contributed by atoms with Crippen LogP contribution in [0.2, 0.25) is 0 Å². The Hall–Kier alpha value is -0.810. The maximum absolute atomic E-state index is 10.7. The highest BCUT2D eigenvalue weighted by Gasteiger charge is 2.39. The first kappa shape index (κ1) is 12.3. The molecule has 0 spiro atoms. The van der Waals surface area contributed by atoms with Crippen LogP contribution in [0.5, 0.6) is 0 Å². The molecule has 0 fully saturated rings. The van der Waals surface area contributed by atoms with Crippen LogP contribution in [0.1, 0.15) is 25.2 Å². The van der Waals surface area contributed by atoms with Crippen molar-refractivity contribution in [3.8, 4) is 0 Å². The Balaban J connectivity index is 3.15. The van der Waals surface area contributed by atoms with Gasteiger partial charge in [0, 0.05) is 0 Å². The van der Waals surface area contributed by atoms with E-state index in [1.807, 2.05) is 0 Å². The lowest BCUT2D eigenvalue weighted by atomic mass is 9.82. The zero-order chi connectivity index (χ0) is 11.8. The fourth-order valence-corrected chi connectivity index (χ4v) is 2.02. The largest absolute Gasteiger partial charge is 0.479 e. The molecule has 1 atom stereocenters. The Bertz CT molecular complexity index is 381. The van der Waals surface area contributed by atoms with E-state index in [2.05, 4.69) is 15.9 Å². The second kappa shape index (κ2) is 3.98. The van der Waals surface area contributed by atoms with Crippen molar-refractivity contribution in [3.05, 3.63) is 22.1 Å². The topological polar surface area (TPSA) is 70.7 Å². The number of hydrogen-bond donors (Lipinski definition) is 2. The van der Waals surface area contributed by atoms with Crippen LogP contribution >= 0.6 is 15.9 Å². The third-order valence-corrected chi connectivity index (χ3v) is 2.78. The number of carbonyl (C=O) groups is 1. The van der Waals surface area contributed by atoms with E-state index in [1.165, 1.54) is 0 Å². The quantitative estimate of drug-likeness (QED) is 0.887. The second-order valence-corrected chi connectivity index (χ2v) is 4.81. The van der Waals surface area contributed by atoms with Gasteiger partial charge in [-0.3, -0.25) is 0 Å². The molecule has 1 unspecified atom stereocenters. The van der Waals surface area contributed by atoms with Crippen molar-refractivity contribution in [1.82, 2.24) is 0 Å². The van der Waals surface area contributed by atoms with Gasteiger partial charge in [0.05, 0.1) is 5.41 Å². The highest BCUT2D eigenvalue weighted by atomic mass is 79.9. The van der Waals surface area contributed by atoms with E-state index in [0.29, 0.717) is 10.4 Å². The van der Waals surface area contributed by atoms with Crippen LogP contribution in [0.4, 0.5) is 0 Å². The summed E-state index contributed by atoms with van der Waals surface area (Å²) in [5, 5.41) is 18.3. The van der Waals surface area contributed by atoms with Crippen LogP contribution in [0.15, 0.2) is 15.2 Å². The zero-order valence-electron chi connectivity index (χ0n) is 8.74. The van der Waals surface area contributed by atoms with Crippen molar-refractivity contribution >= 4 is 21.9 Å². The molecular weight excluding hydrogens is 264 g/mol. The molecule has 15 heavy (non-hydrogen) atoms. The van der Waals surface area contributed by atoms with E-state index in [9.17, 15) is 9.90 Å². The van der Waals surface area contributed by atoms with E-state index < -0.39 is 17.5 Å². The van der Waals surface area contributed by atoms with Crippen molar-refractivity contribution in [2.45, 2.75) is 32.3 Å². The number of aliphatic hydroxyl groups is 1. The predicted octanol–water partition coefficient (Wildman–Crippen LogP) is 2.07. The summed E-state index contributed by atoms with van der Waals surface area (Å²) in [6.07, 6.45) is -1.49. The molecule has 0 saturated carbocycles. The van der Waals surface area contributed by atoms with Gasteiger partial charge in [-0.25, -0.2) is 4.79 Å². The van der Waals surface area contributed by atoms with Crippen LogP contribution in [0.3, 0.4) is 0 Å². The van der Waals surface area contributed by atoms with Gasteiger partial charge in [0.2, 0.25) is 0 Å². The molecule has 0 amide bonds. The lowest BCUT2D eigenvalue weighted by Crippen LogP contribution is -2.40. The van der Waals surface area contributed by atoms with Gasteiger partial charge in [0.1, 0.15) is 5.76 Å². The van der Waals surface area contributed by atoms with Gasteiger partial charge in [-0.05, 0) is 48.3 Å². The summed E-state index contributed by atoms with van der Waals surface area (Å²) in [5.41, 5.74) is -0.144. The van der Waals surface area contributed by atoms with Crippen LogP contribution in [-0.4, -0.2) is 22.3 Å². The Morgan fingerprint density at radius 3 is 2.47 bits per heavy atom. The number of hydrogen-bond acceptors (Lipinski definition) is 3. The summed E-state index contributed by atoms with van der Waals surface area (Å²) in [6, 6.07) is 1.74. The fraction of sp³-hybridized carbons (Fsp3) is 0.500. The molecule has 0 aliphatic carbocycles. The Labute approximate surface area is 96.0 Å². The molecule has 2 N–H and O–H groups in total. The van der Waals surface area contributed by atoms with Crippen molar-refractivity contribution in [2.75, 3.05) is 0 Å². The molecule has 5 heteroatoms. The van der Waals surface area contributed by atoms with E-state index >= 15 is 0 Å². The second-order valence-electron chi connectivity index (χ2n) is 4.03. The monoisotopic (exact) mass is 276 g/mol. The van der Waals surface area contributed by atoms with E-state index in [0.717, 1.165) is 5.56 Å². The number of carboxylic acids is 1. The van der Waals surface area contributed by atoms with Crippen LogP contribution in [-0.2, 0) is 10.2 Å². The average molecular weight is 277 g/mol. The van der Waals surface area contributed by atoms with E-state index in [-0.39, 0.29) is 0 Å². The molecule has 1 rings (SSSR count). The third-order valence-electron chi connectivity index (χ3n) is 2.39. The molecule has 1 aromatic rings. The van der Waals surface area contributed by atoms with Crippen molar-refractivity contribution in [3.63, 3.8) is 0 Å². The highest BCUT2D eigenvalue weighted by molar-refractivity contribution is 9.10. The first-order valence-electron chi connectivity index (χ1n) is 4.44. The van der Waals surface area contributed by atoms with E-state index in [1.54, 1.807) is 26.8 Å². The highest BCUT2D eigenvalue weighted by Crippen LogP contribution is 2.33. The Morgan fingerprint density at radius 1 is 1.60 bits per heavy atom. The SMILES string of the molecule is Cc1cc(Br)oc1C(C)(C)C(O)C(=O)O. The summed E-state index contributed by atoms with van der Waals surface area (Å²) in [4.78, 5) is 10.7. The van der Waals surface area contributed by atoms with Crippen molar-refractivity contribution in [2.24, 2.45) is 0 Å². The molecule has 1 heterocycles. The molecule has 0 saturated heterocycles. The maximum Gasteiger partial charge on any atom is 0.333 e. The molecule has 0 bridgehead atoms. The van der Waals surface area contributed by atoms with Crippen molar-refractivity contribution in [1.29, 1.82) is 0 Å². The third kappa shape index (κ3) is 2.23. The lowest BCUT2D eigenvalue weighted by molar-refractivity contribution is -0.150. The molecule has 0 radical (unpaired) electrons. The first-order valence-corrected chi connectivity index (χ1v) is 5.23. The summed E-state index contributed by atoms with van der Waals surface area (Å²) < 4.78 is 5.87. The number of aryl methyl sites for hydroxylation is 1. The van der Waals surface area contributed by atoms with Gasteiger partial charge >= 0.3 is 5.97 Å². The van der Waals surface area contributed by atoms with E-state index in [4.69, 9.17) is 9.52 Å². The molecule has 1 aromatic heterocycles. The lowest BCUT2D eigenvalue weighted by Gasteiger charge is -2.26. The molecule has 4 nitrogen and oxygen atoms in total. The van der Waals surface area contributed by atoms with Gasteiger partial charge in [-0.1, -0.05) is 0 Å². The Kier molecular flexibility index (Phi) is 3.25. The fourth-order valence-electron chi connectivity index (χ4n) is 1.52. The minimum absolute atomic E-state index is 0.476. The number of aliphatic hydroxyl groups excluding tert-OH is 1. The summed E-state index contributed by atoms with van der Waals surface area (Å²) in [7, 11) is 0. The van der Waals surface area contributed by atoms with Crippen molar-refractivity contribution < 1.29 is 19.4 Å². The first-order chi connectivity index (χ1) is 6.76. The summed E-state index contributed by atoms with van der Waals surface area (Å²) >= 11 is 3.17. The van der Waals surface area contributed by atoms with Crippen LogP contribution < -0.4 is 0 Å².